The Morgan fingerprint density at radius 2 is 1.66 bits per heavy atom. The van der Waals surface area contributed by atoms with E-state index in [1.54, 1.807) is 0 Å². The normalized spacial score (nSPS) is 12.9. The van der Waals surface area contributed by atoms with Crippen molar-refractivity contribution in [2.24, 2.45) is 5.92 Å². The lowest BCUT2D eigenvalue weighted by molar-refractivity contribution is -0.177. The number of rotatable bonds is 25. The molecule has 0 saturated carbocycles. The smallest absolute Gasteiger partial charge is 0.490 e. The topological polar surface area (TPSA) is 260 Å². The van der Waals surface area contributed by atoms with Gasteiger partial charge in [0.2, 0.25) is 0 Å². The molecule has 1 saturated heterocycles. The average molecular weight is 806 g/mol. The highest BCUT2D eigenvalue weighted by molar-refractivity contribution is 6.01. The number of nitrogens with one attached hydrogen (secondary N) is 2. The van der Waals surface area contributed by atoms with E-state index in [4.69, 9.17) is 28.6 Å². The number of unbranched alkanes of at least 4 members (excludes halogenated alkanes) is 1. The minimum absolute atomic E-state index is 0. The number of aliphatic hydroxyl groups excluding tert-OH is 2. The summed E-state index contributed by atoms with van der Waals surface area (Å²) in [6, 6.07) is 2.51. The molecule has 0 bridgehead atoms. The number of amides is 2. The molecule has 0 spiro atoms. The molecule has 3 unspecified atom stereocenters. The fourth-order valence-corrected chi connectivity index (χ4v) is 4.68. The summed E-state index contributed by atoms with van der Waals surface area (Å²) < 4.78 is 20.8. The van der Waals surface area contributed by atoms with E-state index in [2.05, 4.69) is 15.6 Å². The van der Waals surface area contributed by atoms with Crippen molar-refractivity contribution in [1.29, 1.82) is 0 Å². The summed E-state index contributed by atoms with van der Waals surface area (Å²) in [7, 11) is 0. The first kappa shape index (κ1) is 57.7. The zero-order valence-corrected chi connectivity index (χ0v) is 29.2. The predicted molar refractivity (Wildman–Crippen MR) is 203 cm³/mol. The number of esters is 1. The molecule has 0 aromatic heterocycles. The summed E-state index contributed by atoms with van der Waals surface area (Å²) in [5.74, 6) is -3.91. The number of carbonyl (C=O) groups is 8. The zero-order chi connectivity index (χ0) is 38.9. The van der Waals surface area contributed by atoms with E-state index in [0.29, 0.717) is 17.2 Å². The molecule has 19 nitrogen and oxygen atoms in total. The van der Waals surface area contributed by atoms with Crippen LogP contribution >= 0.6 is 0 Å². The molecule has 1 aliphatic rings. The van der Waals surface area contributed by atoms with Gasteiger partial charge in [0.15, 0.2) is 11.5 Å². The summed E-state index contributed by atoms with van der Waals surface area (Å²) in [5.41, 5.74) is 2.91. The zero-order valence-electron chi connectivity index (χ0n) is 29.2. The fraction of sp³-hybridized carbons (Fsp3) is 0.622. The van der Waals surface area contributed by atoms with Crippen LogP contribution < -0.4 is 20.3 Å². The summed E-state index contributed by atoms with van der Waals surface area (Å²) in [6.45, 7) is 4.33. The molecule has 19 heteroatoms. The first-order valence-electron chi connectivity index (χ1n) is 16.4. The van der Waals surface area contributed by atoms with E-state index in [-0.39, 0.29) is 113 Å². The summed E-state index contributed by atoms with van der Waals surface area (Å²) in [6.07, 6.45) is -0.0198. The van der Waals surface area contributed by atoms with Gasteiger partial charge in [-0.15, -0.1) is 0 Å². The fourth-order valence-electron chi connectivity index (χ4n) is 4.68. The lowest BCUT2D eigenvalue weighted by Crippen LogP contribution is -2.51. The predicted octanol–water partition coefficient (Wildman–Crippen LogP) is 3.15. The Labute approximate surface area is 329 Å². The van der Waals surface area contributed by atoms with Gasteiger partial charge in [-0.2, -0.15) is 5.48 Å². The maximum absolute atomic E-state index is 13.5. The van der Waals surface area contributed by atoms with Gasteiger partial charge in [-0.25, -0.2) is 4.79 Å². The van der Waals surface area contributed by atoms with Gasteiger partial charge in [0.25, 0.3) is 18.3 Å². The van der Waals surface area contributed by atoms with Gasteiger partial charge in [0, 0.05) is 57.9 Å². The Morgan fingerprint density at radius 1 is 1.00 bits per heavy atom. The molecule has 56 heavy (non-hydrogen) atoms. The molecule has 2 rings (SSSR count). The summed E-state index contributed by atoms with van der Waals surface area (Å²) in [4.78, 5) is 101. The van der Waals surface area contributed by atoms with Crippen LogP contribution in [0.25, 0.3) is 0 Å². The van der Waals surface area contributed by atoms with Crippen LogP contribution in [-0.4, -0.2) is 109 Å². The second-order valence-electron chi connectivity index (χ2n) is 11.2. The van der Waals surface area contributed by atoms with Crippen molar-refractivity contribution in [3.05, 3.63) is 23.8 Å². The van der Waals surface area contributed by atoms with Crippen LogP contribution in [0.15, 0.2) is 18.2 Å². The molecule has 1 aromatic carbocycles. The van der Waals surface area contributed by atoms with E-state index in [9.17, 15) is 43.8 Å². The van der Waals surface area contributed by atoms with Crippen molar-refractivity contribution in [1.82, 2.24) is 15.9 Å². The van der Waals surface area contributed by atoms with E-state index < -0.39 is 60.3 Å². The molecular weight excluding hydrogens is 742 g/mol. The second-order valence-corrected chi connectivity index (χ2v) is 11.2. The number of imide groups is 1. The van der Waals surface area contributed by atoms with Crippen LogP contribution in [-0.2, 0) is 59.3 Å². The number of carbonyl (C=O) groups excluding carboxylic acids is 8. The number of Topliss-reactive ketones (excluding diaryl/α,β-unsaturated/α-hetero) is 1. The van der Waals surface area contributed by atoms with Crippen molar-refractivity contribution < 1.29 is 77.2 Å². The Balaban J connectivity index is -0.00000221. The highest BCUT2D eigenvalue weighted by Crippen LogP contribution is 2.29. The molecule has 1 aromatic rings. The molecule has 1 fully saturated rings. The third-order valence-electron chi connectivity index (χ3n) is 7.17. The van der Waals surface area contributed by atoms with Crippen LogP contribution in [0.1, 0.15) is 100 Å². The standard InChI is InChI=1S/C32H45N3O15.CH2O.4CH4/c1-3-4-12-33-49-30(43)16-23(17-37)31(34-24(11-13-36)19-45-20-38)25(40)6-5-14-46-27-15-22(7-8-26(27)48-21(2)39)18-47-32(44)50-35-28(41)9-10-29(35)42;1-2;;;;/h7-8,15,20,23-24,31,33-34,36-37H,3-6,9-14,16-19H2,1-2H3;1H2;4*1H4. The van der Waals surface area contributed by atoms with Crippen molar-refractivity contribution >= 4 is 49.0 Å². The third kappa shape index (κ3) is 21.8. The van der Waals surface area contributed by atoms with Gasteiger partial charge in [0.05, 0.1) is 19.1 Å². The number of aliphatic hydroxyl groups is 2. The molecule has 2 amide bonds. The van der Waals surface area contributed by atoms with E-state index in [1.165, 1.54) is 25.1 Å². The molecule has 1 aliphatic heterocycles. The number of hydrogen-bond donors (Lipinski definition) is 4. The maximum atomic E-state index is 13.5. The summed E-state index contributed by atoms with van der Waals surface area (Å²) >= 11 is 0. The Hall–Kier alpha value is -4.98. The minimum Gasteiger partial charge on any atom is -0.490 e. The molecular formula is C37H63N3O16. The number of nitrogens with zero attached hydrogens (tertiary/aromatic N) is 1. The maximum Gasteiger partial charge on any atom is 0.534 e. The van der Waals surface area contributed by atoms with Gasteiger partial charge < -0.3 is 44.1 Å². The highest BCUT2D eigenvalue weighted by Gasteiger charge is 2.34. The van der Waals surface area contributed by atoms with Gasteiger partial charge in [-0.3, -0.25) is 33.6 Å². The first-order chi connectivity index (χ1) is 25.0. The molecule has 0 aliphatic carbocycles. The lowest BCUT2D eigenvalue weighted by Gasteiger charge is -2.29. The molecule has 4 N–H and O–H groups in total. The SMILES string of the molecule is C.C.C.C.C=O.CCCCNOC(=O)CC(CO)C(NC(CCO)COC=O)C(=O)CCCOc1cc(COC(=O)ON2C(=O)CCC2=O)ccc1OC(C)=O. The van der Waals surface area contributed by atoms with Crippen LogP contribution in [0, 0.1) is 5.92 Å². The van der Waals surface area contributed by atoms with E-state index >= 15 is 0 Å². The lowest BCUT2D eigenvalue weighted by atomic mass is 9.90. The Bertz CT molecular complexity index is 1310. The van der Waals surface area contributed by atoms with Crippen LogP contribution in [0.3, 0.4) is 0 Å². The molecule has 322 valence electrons. The summed E-state index contributed by atoms with van der Waals surface area (Å²) in [5, 5.41) is 23.0. The van der Waals surface area contributed by atoms with Crippen LogP contribution in [0.5, 0.6) is 11.5 Å². The largest absolute Gasteiger partial charge is 0.534 e. The van der Waals surface area contributed by atoms with Gasteiger partial charge in [-0.05, 0) is 37.0 Å². The van der Waals surface area contributed by atoms with Crippen LogP contribution in [0.2, 0.25) is 0 Å². The van der Waals surface area contributed by atoms with Crippen molar-refractivity contribution in [3.63, 3.8) is 0 Å². The number of benzene rings is 1. The minimum atomic E-state index is -1.29. The first-order valence-corrected chi connectivity index (χ1v) is 16.4. The molecule has 1 heterocycles. The molecule has 0 radical (unpaired) electrons. The van der Waals surface area contributed by atoms with E-state index in [0.717, 1.165) is 12.8 Å². The monoisotopic (exact) mass is 805 g/mol. The second kappa shape index (κ2) is 33.4. The van der Waals surface area contributed by atoms with Crippen molar-refractivity contribution in [2.75, 3.05) is 33.0 Å². The van der Waals surface area contributed by atoms with Crippen LogP contribution in [0.4, 0.5) is 4.79 Å². The number of ether oxygens (including phenoxy) is 4. The van der Waals surface area contributed by atoms with Gasteiger partial charge in [0.1, 0.15) is 25.8 Å². The Kier molecular flexibility index (Phi) is 34.4. The van der Waals surface area contributed by atoms with Crippen molar-refractivity contribution in [2.45, 2.75) is 114 Å². The molecule has 3 atom stereocenters. The number of hydrogen-bond acceptors (Lipinski definition) is 18. The van der Waals surface area contributed by atoms with Gasteiger partial charge in [-0.1, -0.05) is 54.2 Å². The van der Waals surface area contributed by atoms with Gasteiger partial charge >= 0.3 is 18.1 Å². The van der Waals surface area contributed by atoms with E-state index in [1.807, 2.05) is 13.7 Å². The third-order valence-corrected chi connectivity index (χ3v) is 7.17. The Morgan fingerprint density at radius 3 is 2.23 bits per heavy atom. The average Bonchev–Trinajstić information content (AvgIpc) is 3.44. The highest BCUT2D eigenvalue weighted by atomic mass is 16.8. The quantitative estimate of drug-likeness (QED) is 0.0210. The number of hydroxylamine groups is 3. The van der Waals surface area contributed by atoms with Crippen molar-refractivity contribution in [3.8, 4) is 11.5 Å². The number of ketones is 1.